The second-order valence-electron chi connectivity index (χ2n) is 3.64. The lowest BCUT2D eigenvalue weighted by Crippen LogP contribution is -2.00. The molecular formula is C13H12BrClN2O. The van der Waals surface area contributed by atoms with Crippen LogP contribution in [0.5, 0.6) is 0 Å². The highest BCUT2D eigenvalue weighted by Crippen LogP contribution is 2.22. The molecule has 3 nitrogen and oxygen atoms in total. The Morgan fingerprint density at radius 1 is 1.22 bits per heavy atom. The summed E-state index contributed by atoms with van der Waals surface area (Å²) in [4.78, 5) is 8.57. The van der Waals surface area contributed by atoms with Crippen molar-refractivity contribution in [3.05, 3.63) is 45.8 Å². The molecule has 0 aliphatic rings. The van der Waals surface area contributed by atoms with E-state index in [1.54, 1.807) is 6.07 Å². The van der Waals surface area contributed by atoms with Crippen molar-refractivity contribution >= 4 is 27.5 Å². The lowest BCUT2D eigenvalue weighted by atomic mass is 10.1. The smallest absolute Gasteiger partial charge is 0.156 e. The molecule has 0 spiro atoms. The summed E-state index contributed by atoms with van der Waals surface area (Å²) in [6.07, 6.45) is 0. The molecule has 2 aromatic rings. The maximum Gasteiger partial charge on any atom is 0.156 e. The van der Waals surface area contributed by atoms with Gasteiger partial charge in [0.05, 0.1) is 5.69 Å². The summed E-state index contributed by atoms with van der Waals surface area (Å²) in [7, 11) is 0. The number of halogens is 2. The first-order valence-electron chi connectivity index (χ1n) is 5.56. The lowest BCUT2D eigenvalue weighted by Gasteiger charge is -2.05. The summed E-state index contributed by atoms with van der Waals surface area (Å²) in [6.45, 7) is 2.93. The first-order chi connectivity index (χ1) is 8.69. The third kappa shape index (κ3) is 3.51. The standard InChI is InChI=1S/C13H12BrClN2O/c1-2-18-8-13-16-11(7-12(15)17-13)9-3-5-10(14)6-4-9/h3-7H,2,8H2,1H3. The van der Waals surface area contributed by atoms with E-state index in [4.69, 9.17) is 16.3 Å². The van der Waals surface area contributed by atoms with Crippen LogP contribution < -0.4 is 0 Å². The van der Waals surface area contributed by atoms with Crippen molar-refractivity contribution in [3.8, 4) is 11.3 Å². The minimum atomic E-state index is 0.376. The fourth-order valence-corrected chi connectivity index (χ4v) is 1.96. The normalized spacial score (nSPS) is 10.6. The molecule has 1 heterocycles. The monoisotopic (exact) mass is 326 g/mol. The summed E-state index contributed by atoms with van der Waals surface area (Å²) >= 11 is 9.40. The highest BCUT2D eigenvalue weighted by atomic mass is 79.9. The predicted octanol–water partition coefficient (Wildman–Crippen LogP) is 4.10. The van der Waals surface area contributed by atoms with Crippen LogP contribution in [0.25, 0.3) is 11.3 Å². The molecule has 0 aliphatic carbocycles. The van der Waals surface area contributed by atoms with Crippen LogP contribution in [0.3, 0.4) is 0 Å². The Labute approximate surface area is 119 Å². The highest BCUT2D eigenvalue weighted by molar-refractivity contribution is 9.10. The maximum absolute atomic E-state index is 5.99. The summed E-state index contributed by atoms with van der Waals surface area (Å²) in [5.74, 6) is 0.599. The second kappa shape index (κ2) is 6.27. The van der Waals surface area contributed by atoms with Gasteiger partial charge in [-0.15, -0.1) is 0 Å². The Balaban J connectivity index is 2.32. The van der Waals surface area contributed by atoms with Crippen molar-refractivity contribution in [2.24, 2.45) is 0 Å². The zero-order valence-corrected chi connectivity index (χ0v) is 12.2. The Morgan fingerprint density at radius 2 is 1.94 bits per heavy atom. The molecule has 0 fully saturated rings. The first-order valence-corrected chi connectivity index (χ1v) is 6.73. The van der Waals surface area contributed by atoms with Crippen LogP contribution in [-0.2, 0) is 11.3 Å². The number of hydrogen-bond donors (Lipinski definition) is 0. The SMILES string of the molecule is CCOCc1nc(Cl)cc(-c2ccc(Br)cc2)n1. The average Bonchev–Trinajstić information content (AvgIpc) is 2.36. The molecule has 0 amide bonds. The second-order valence-corrected chi connectivity index (χ2v) is 4.94. The summed E-state index contributed by atoms with van der Waals surface area (Å²) in [5.41, 5.74) is 1.80. The molecule has 1 aromatic carbocycles. The van der Waals surface area contributed by atoms with Crippen molar-refractivity contribution in [1.29, 1.82) is 0 Å². The Kier molecular flexibility index (Phi) is 4.69. The van der Waals surface area contributed by atoms with E-state index in [1.807, 2.05) is 31.2 Å². The van der Waals surface area contributed by atoms with E-state index in [0.29, 0.717) is 24.2 Å². The van der Waals surface area contributed by atoms with Gasteiger partial charge in [0.2, 0.25) is 0 Å². The van der Waals surface area contributed by atoms with Gasteiger partial charge in [-0.2, -0.15) is 0 Å². The van der Waals surface area contributed by atoms with Gasteiger partial charge in [0.15, 0.2) is 5.82 Å². The van der Waals surface area contributed by atoms with E-state index in [-0.39, 0.29) is 0 Å². The van der Waals surface area contributed by atoms with E-state index < -0.39 is 0 Å². The van der Waals surface area contributed by atoms with Gasteiger partial charge in [-0.25, -0.2) is 9.97 Å². The number of aromatic nitrogens is 2. The van der Waals surface area contributed by atoms with Crippen molar-refractivity contribution in [2.75, 3.05) is 6.61 Å². The molecule has 0 aliphatic heterocycles. The van der Waals surface area contributed by atoms with Crippen molar-refractivity contribution in [2.45, 2.75) is 13.5 Å². The van der Waals surface area contributed by atoms with Gasteiger partial charge in [0.1, 0.15) is 11.8 Å². The van der Waals surface area contributed by atoms with Gasteiger partial charge < -0.3 is 4.74 Å². The molecule has 1 aromatic heterocycles. The fraction of sp³-hybridized carbons (Fsp3) is 0.231. The molecule has 0 N–H and O–H groups in total. The lowest BCUT2D eigenvalue weighted by molar-refractivity contribution is 0.128. The number of rotatable bonds is 4. The predicted molar refractivity (Wildman–Crippen MR) is 75.5 cm³/mol. The van der Waals surface area contributed by atoms with Gasteiger partial charge in [0, 0.05) is 22.7 Å². The van der Waals surface area contributed by atoms with Gasteiger partial charge in [-0.1, -0.05) is 39.7 Å². The zero-order chi connectivity index (χ0) is 13.0. The highest BCUT2D eigenvalue weighted by Gasteiger charge is 2.05. The Morgan fingerprint density at radius 3 is 2.61 bits per heavy atom. The quantitative estimate of drug-likeness (QED) is 0.793. The van der Waals surface area contributed by atoms with Crippen LogP contribution in [-0.4, -0.2) is 16.6 Å². The molecule has 94 valence electrons. The molecule has 2 rings (SSSR count). The molecule has 0 saturated heterocycles. The molecule has 0 unspecified atom stereocenters. The Hall–Kier alpha value is -0.970. The third-order valence-corrected chi connectivity index (χ3v) is 3.04. The van der Waals surface area contributed by atoms with Crippen LogP contribution in [0.1, 0.15) is 12.7 Å². The van der Waals surface area contributed by atoms with E-state index in [9.17, 15) is 0 Å². The van der Waals surface area contributed by atoms with Gasteiger partial charge in [-0.05, 0) is 19.1 Å². The van der Waals surface area contributed by atoms with Crippen LogP contribution in [0, 0.1) is 0 Å². The molecular weight excluding hydrogens is 316 g/mol. The van der Waals surface area contributed by atoms with Gasteiger partial charge in [0.25, 0.3) is 0 Å². The average molecular weight is 328 g/mol. The van der Waals surface area contributed by atoms with E-state index in [2.05, 4.69) is 25.9 Å². The zero-order valence-electron chi connectivity index (χ0n) is 9.86. The van der Waals surface area contributed by atoms with Crippen LogP contribution >= 0.6 is 27.5 Å². The molecule has 0 bridgehead atoms. The Bertz CT molecular complexity index is 531. The van der Waals surface area contributed by atoms with E-state index >= 15 is 0 Å². The topological polar surface area (TPSA) is 35.0 Å². The molecule has 18 heavy (non-hydrogen) atoms. The van der Waals surface area contributed by atoms with Crippen molar-refractivity contribution in [3.63, 3.8) is 0 Å². The molecule has 0 saturated carbocycles. The van der Waals surface area contributed by atoms with Crippen LogP contribution in [0.2, 0.25) is 5.15 Å². The third-order valence-electron chi connectivity index (χ3n) is 2.32. The number of benzene rings is 1. The van der Waals surface area contributed by atoms with Crippen molar-refractivity contribution < 1.29 is 4.74 Å². The maximum atomic E-state index is 5.99. The number of hydrogen-bond acceptors (Lipinski definition) is 3. The van der Waals surface area contributed by atoms with Crippen LogP contribution in [0.15, 0.2) is 34.8 Å². The number of ether oxygens (including phenoxy) is 1. The minimum absolute atomic E-state index is 0.376. The molecule has 5 heteroatoms. The van der Waals surface area contributed by atoms with Crippen molar-refractivity contribution in [1.82, 2.24) is 9.97 Å². The summed E-state index contributed by atoms with van der Waals surface area (Å²) in [6, 6.07) is 9.64. The van der Waals surface area contributed by atoms with Gasteiger partial charge in [-0.3, -0.25) is 0 Å². The molecule has 0 radical (unpaired) electrons. The van der Waals surface area contributed by atoms with E-state index in [1.165, 1.54) is 0 Å². The number of nitrogens with zero attached hydrogens (tertiary/aromatic N) is 2. The molecule has 0 atom stereocenters. The largest absolute Gasteiger partial charge is 0.374 e. The summed E-state index contributed by atoms with van der Waals surface area (Å²) < 4.78 is 6.32. The van der Waals surface area contributed by atoms with Gasteiger partial charge >= 0.3 is 0 Å². The first kappa shape index (κ1) is 13.5. The van der Waals surface area contributed by atoms with Crippen LogP contribution in [0.4, 0.5) is 0 Å². The summed E-state index contributed by atoms with van der Waals surface area (Å²) in [5, 5.41) is 0.428. The minimum Gasteiger partial charge on any atom is -0.374 e. The fourth-order valence-electron chi connectivity index (χ4n) is 1.49. The van der Waals surface area contributed by atoms with E-state index in [0.717, 1.165) is 15.7 Å².